The number of fused-ring (bicyclic) bond motifs is 2. The molecule has 0 aliphatic carbocycles. The summed E-state index contributed by atoms with van der Waals surface area (Å²) >= 11 is 0. The highest BCUT2D eigenvalue weighted by molar-refractivity contribution is 6.04. The van der Waals surface area contributed by atoms with Crippen molar-refractivity contribution in [3.8, 4) is 0 Å². The first kappa shape index (κ1) is 13.6. The second-order valence-electron chi connectivity index (χ2n) is 5.48. The summed E-state index contributed by atoms with van der Waals surface area (Å²) in [6.07, 6.45) is 0. The molecule has 2 aliphatic heterocycles. The van der Waals surface area contributed by atoms with Crippen LogP contribution in [0.3, 0.4) is 0 Å². The zero-order valence-electron chi connectivity index (χ0n) is 11.7. The highest BCUT2D eigenvalue weighted by Crippen LogP contribution is 2.42. The topological polar surface area (TPSA) is 75.7 Å². The van der Waals surface area contributed by atoms with E-state index in [9.17, 15) is 14.4 Å². The van der Waals surface area contributed by atoms with Gasteiger partial charge in [0.25, 0.3) is 0 Å². The number of amides is 3. The Hall–Kier alpha value is -2.37. The molecular weight excluding hydrogens is 272 g/mol. The van der Waals surface area contributed by atoms with Crippen molar-refractivity contribution in [3.63, 3.8) is 0 Å². The van der Waals surface area contributed by atoms with E-state index in [0.29, 0.717) is 13.1 Å². The number of nitrogens with zero attached hydrogens (tertiary/aromatic N) is 1. The van der Waals surface area contributed by atoms with Crippen molar-refractivity contribution in [2.24, 2.45) is 5.92 Å². The number of carbonyl (C=O) groups excluding carboxylic acids is 3. The Morgan fingerprint density at radius 2 is 2.10 bits per heavy atom. The van der Waals surface area contributed by atoms with Crippen LogP contribution < -0.4 is 5.32 Å². The molecule has 1 aromatic rings. The summed E-state index contributed by atoms with van der Waals surface area (Å²) in [5.41, 5.74) is -0.000368. The molecule has 2 fully saturated rings. The molecule has 3 amide bonds. The van der Waals surface area contributed by atoms with Crippen LogP contribution in [0.2, 0.25) is 0 Å². The molecule has 2 unspecified atom stereocenters. The van der Waals surface area contributed by atoms with Gasteiger partial charge in [0.05, 0.1) is 12.0 Å². The van der Waals surface area contributed by atoms with E-state index < -0.39 is 5.41 Å². The number of imide groups is 1. The summed E-state index contributed by atoms with van der Waals surface area (Å²) < 4.78 is 5.11. The van der Waals surface area contributed by atoms with Crippen molar-refractivity contribution in [2.45, 2.75) is 12.3 Å². The summed E-state index contributed by atoms with van der Waals surface area (Å²) in [6.45, 7) is 2.19. The van der Waals surface area contributed by atoms with Gasteiger partial charge in [0, 0.05) is 25.9 Å². The molecule has 0 aromatic heterocycles. The number of hydrogen-bond acceptors (Lipinski definition) is 4. The predicted octanol–water partition coefficient (Wildman–Crippen LogP) is 0.669. The van der Waals surface area contributed by atoms with Crippen LogP contribution in [0.15, 0.2) is 30.3 Å². The van der Waals surface area contributed by atoms with Gasteiger partial charge in [-0.05, 0) is 5.56 Å². The molecule has 21 heavy (non-hydrogen) atoms. The molecule has 2 bridgehead atoms. The second-order valence-corrected chi connectivity index (χ2v) is 5.48. The van der Waals surface area contributed by atoms with Gasteiger partial charge in [-0.25, -0.2) is 4.79 Å². The maximum atomic E-state index is 12.5. The van der Waals surface area contributed by atoms with Gasteiger partial charge >= 0.3 is 12.0 Å². The Kier molecular flexibility index (Phi) is 3.16. The van der Waals surface area contributed by atoms with E-state index in [1.54, 1.807) is 4.90 Å². The summed E-state index contributed by atoms with van der Waals surface area (Å²) in [7, 11) is 0. The Bertz CT molecular complexity index is 601. The van der Waals surface area contributed by atoms with Crippen LogP contribution in [0.4, 0.5) is 4.79 Å². The highest BCUT2D eigenvalue weighted by Gasteiger charge is 2.58. The third-order valence-corrected chi connectivity index (χ3v) is 4.27. The van der Waals surface area contributed by atoms with Crippen LogP contribution in [-0.4, -0.2) is 42.5 Å². The second kappa shape index (κ2) is 4.87. The lowest BCUT2D eigenvalue weighted by molar-refractivity contribution is -0.144. The van der Waals surface area contributed by atoms with Crippen LogP contribution in [0.1, 0.15) is 12.5 Å². The van der Waals surface area contributed by atoms with Crippen molar-refractivity contribution < 1.29 is 19.1 Å². The molecule has 0 radical (unpaired) electrons. The lowest BCUT2D eigenvalue weighted by Gasteiger charge is -2.35. The number of carbonyl (C=O) groups is 3. The van der Waals surface area contributed by atoms with E-state index in [2.05, 4.69) is 5.32 Å². The normalized spacial score (nSPS) is 27.5. The minimum atomic E-state index is -0.843. The minimum absolute atomic E-state index is 0.126. The summed E-state index contributed by atoms with van der Waals surface area (Å²) in [5, 5.41) is 2.41. The smallest absolute Gasteiger partial charge is 0.324 e. The number of ether oxygens (including phenoxy) is 1. The molecule has 1 N–H and O–H groups in total. The van der Waals surface area contributed by atoms with E-state index in [1.165, 1.54) is 6.92 Å². The molecule has 1 aromatic carbocycles. The molecule has 0 spiro atoms. The largest absolute Gasteiger partial charge is 0.465 e. The number of urea groups is 1. The van der Waals surface area contributed by atoms with Gasteiger partial charge in [-0.2, -0.15) is 0 Å². The minimum Gasteiger partial charge on any atom is -0.465 e. The molecule has 6 nitrogen and oxygen atoms in total. The predicted molar refractivity (Wildman–Crippen MR) is 73.4 cm³/mol. The van der Waals surface area contributed by atoms with Gasteiger partial charge in [0.1, 0.15) is 0 Å². The Morgan fingerprint density at radius 3 is 2.76 bits per heavy atom. The molecule has 2 saturated heterocycles. The lowest BCUT2D eigenvalue weighted by Crippen LogP contribution is -2.58. The summed E-state index contributed by atoms with van der Waals surface area (Å²) in [6, 6.07) is 8.97. The standard InChI is InChI=1S/C15H16N2O4/c1-10(18)21-8-12-7-17-9-15(12,13(19)16-14(17)20)11-5-3-2-4-6-11/h2-6,12H,7-9H2,1H3,(H,16,19,20). The third-order valence-electron chi connectivity index (χ3n) is 4.27. The average Bonchev–Trinajstić information content (AvgIpc) is 2.82. The van der Waals surface area contributed by atoms with Crippen molar-refractivity contribution in [3.05, 3.63) is 35.9 Å². The highest BCUT2D eigenvalue weighted by atomic mass is 16.5. The Labute approximate surface area is 122 Å². The zero-order valence-corrected chi connectivity index (χ0v) is 11.7. The van der Waals surface area contributed by atoms with Crippen LogP contribution in [0.5, 0.6) is 0 Å². The number of nitrogens with one attached hydrogen (secondary N) is 1. The molecule has 3 rings (SSSR count). The summed E-state index contributed by atoms with van der Waals surface area (Å²) in [5.74, 6) is -0.943. The van der Waals surface area contributed by atoms with Crippen LogP contribution in [0, 0.1) is 5.92 Å². The lowest BCUT2D eigenvalue weighted by atomic mass is 9.71. The molecule has 110 valence electrons. The van der Waals surface area contributed by atoms with Crippen molar-refractivity contribution >= 4 is 17.9 Å². The van der Waals surface area contributed by atoms with Crippen LogP contribution in [-0.2, 0) is 19.7 Å². The zero-order chi connectivity index (χ0) is 15.0. The molecular formula is C15H16N2O4. The fourth-order valence-electron chi connectivity index (χ4n) is 3.22. The Morgan fingerprint density at radius 1 is 1.38 bits per heavy atom. The Balaban J connectivity index is 2.01. The fraction of sp³-hybridized carbons (Fsp3) is 0.400. The van der Waals surface area contributed by atoms with E-state index >= 15 is 0 Å². The van der Waals surface area contributed by atoms with Gasteiger partial charge < -0.3 is 9.64 Å². The van der Waals surface area contributed by atoms with Gasteiger partial charge in [-0.3, -0.25) is 14.9 Å². The van der Waals surface area contributed by atoms with Gasteiger partial charge in [-0.1, -0.05) is 30.3 Å². The first-order valence-electron chi connectivity index (χ1n) is 6.83. The SMILES string of the molecule is CC(=O)OCC1CN2CC1(c1ccccc1)C(=O)NC2=O. The van der Waals surface area contributed by atoms with Crippen LogP contribution >= 0.6 is 0 Å². The first-order valence-corrected chi connectivity index (χ1v) is 6.83. The number of esters is 1. The van der Waals surface area contributed by atoms with Crippen molar-refractivity contribution in [1.29, 1.82) is 0 Å². The summed E-state index contributed by atoms with van der Waals surface area (Å²) in [4.78, 5) is 37.0. The van der Waals surface area contributed by atoms with Crippen molar-refractivity contribution in [2.75, 3.05) is 19.7 Å². The fourth-order valence-corrected chi connectivity index (χ4v) is 3.22. The monoisotopic (exact) mass is 288 g/mol. The molecule has 2 heterocycles. The maximum absolute atomic E-state index is 12.5. The molecule has 2 atom stereocenters. The van der Waals surface area contributed by atoms with E-state index in [1.807, 2.05) is 30.3 Å². The molecule has 2 aliphatic rings. The van der Waals surface area contributed by atoms with Gasteiger partial charge in [0.2, 0.25) is 5.91 Å². The number of benzene rings is 1. The number of rotatable bonds is 3. The third kappa shape index (κ3) is 2.07. The number of hydrogen-bond donors (Lipinski definition) is 1. The van der Waals surface area contributed by atoms with Crippen LogP contribution in [0.25, 0.3) is 0 Å². The molecule has 6 heteroatoms. The molecule has 0 saturated carbocycles. The quantitative estimate of drug-likeness (QED) is 0.829. The maximum Gasteiger partial charge on any atom is 0.324 e. The van der Waals surface area contributed by atoms with Gasteiger partial charge in [0.15, 0.2) is 0 Å². The van der Waals surface area contributed by atoms with Crippen molar-refractivity contribution in [1.82, 2.24) is 10.2 Å². The van der Waals surface area contributed by atoms with E-state index in [-0.39, 0.29) is 30.4 Å². The van der Waals surface area contributed by atoms with Gasteiger partial charge in [-0.15, -0.1) is 0 Å². The van der Waals surface area contributed by atoms with E-state index in [0.717, 1.165) is 5.56 Å². The van der Waals surface area contributed by atoms with E-state index in [4.69, 9.17) is 4.74 Å². The first-order chi connectivity index (χ1) is 10.0. The average molecular weight is 288 g/mol.